The number of likely N-dealkylation sites (tertiary alicyclic amines) is 1. The van der Waals surface area contributed by atoms with Gasteiger partial charge >= 0.3 is 0 Å². The van der Waals surface area contributed by atoms with Crippen molar-refractivity contribution in [2.24, 2.45) is 17.8 Å². The molecule has 2 saturated heterocycles. The molecule has 2 aliphatic heterocycles. The number of carbonyl (C=O) groups is 1. The lowest BCUT2D eigenvalue weighted by Crippen LogP contribution is -2.42. The number of hydrogen-bond donors (Lipinski definition) is 1. The summed E-state index contributed by atoms with van der Waals surface area (Å²) in [6, 6.07) is 4.10. The molecule has 1 N–H and O–H groups in total. The van der Waals surface area contributed by atoms with E-state index in [0.717, 1.165) is 82.8 Å². The number of amides is 1. The van der Waals surface area contributed by atoms with Gasteiger partial charge in [-0.1, -0.05) is 25.2 Å². The van der Waals surface area contributed by atoms with Crippen LogP contribution in [0.3, 0.4) is 0 Å². The van der Waals surface area contributed by atoms with Crippen LogP contribution in [-0.4, -0.2) is 61.7 Å². The Bertz CT molecular complexity index is 934. The molecule has 3 heterocycles. The average Bonchev–Trinajstić information content (AvgIpc) is 3.19. The highest BCUT2D eigenvalue weighted by Gasteiger charge is 2.27. The van der Waals surface area contributed by atoms with Crippen molar-refractivity contribution in [2.45, 2.75) is 46.5 Å². The summed E-state index contributed by atoms with van der Waals surface area (Å²) in [5, 5.41) is 4.24. The van der Waals surface area contributed by atoms with Crippen molar-refractivity contribution in [2.75, 3.05) is 50.8 Å². The molecule has 8 heteroatoms. The van der Waals surface area contributed by atoms with E-state index in [1.165, 1.54) is 19.5 Å². The molecule has 33 heavy (non-hydrogen) atoms. The van der Waals surface area contributed by atoms with Gasteiger partial charge in [0.15, 0.2) is 5.13 Å². The molecule has 2 fully saturated rings. The summed E-state index contributed by atoms with van der Waals surface area (Å²) in [6.45, 7) is 13.4. The van der Waals surface area contributed by atoms with Crippen LogP contribution >= 0.6 is 27.3 Å². The van der Waals surface area contributed by atoms with Crippen LogP contribution in [0.1, 0.15) is 46.5 Å². The van der Waals surface area contributed by atoms with E-state index in [1.54, 1.807) is 11.3 Å². The number of benzene rings is 1. The van der Waals surface area contributed by atoms with Gasteiger partial charge in [-0.15, -0.1) is 0 Å². The molecule has 0 bridgehead atoms. The van der Waals surface area contributed by atoms with Crippen LogP contribution in [0.25, 0.3) is 10.2 Å². The van der Waals surface area contributed by atoms with Crippen molar-refractivity contribution in [1.29, 1.82) is 0 Å². The number of nitrogens with zero attached hydrogens (tertiary/aromatic N) is 3. The molecule has 0 radical (unpaired) electrons. The minimum Gasteiger partial charge on any atom is -0.493 e. The number of halogens is 1. The highest BCUT2D eigenvalue weighted by molar-refractivity contribution is 9.10. The summed E-state index contributed by atoms with van der Waals surface area (Å²) in [5.74, 6) is 2.78. The van der Waals surface area contributed by atoms with E-state index in [-0.39, 0.29) is 11.8 Å². The molecule has 182 valence electrons. The molecular weight excluding hydrogens is 500 g/mol. The summed E-state index contributed by atoms with van der Waals surface area (Å²) < 4.78 is 7.77. The van der Waals surface area contributed by atoms with Crippen LogP contribution in [0.5, 0.6) is 5.75 Å². The van der Waals surface area contributed by atoms with Crippen molar-refractivity contribution in [3.8, 4) is 5.75 Å². The maximum absolute atomic E-state index is 12.7. The predicted molar refractivity (Wildman–Crippen MR) is 140 cm³/mol. The fourth-order valence-electron chi connectivity index (χ4n) is 5.29. The molecule has 1 aromatic heterocycles. The van der Waals surface area contributed by atoms with Gasteiger partial charge in [-0.2, -0.15) is 0 Å². The standard InChI is InChI=1S/C25H37BrN4O2S/c1-4-32-22-14-23-21(13-20(22)26)28-25(33-23)30-10-6-19(7-11-30)24(31)27-8-5-9-29-15-17(2)12-18(3)16-29/h13-14,17-19H,4-12,15-16H2,1-3H3,(H,27,31). The van der Waals surface area contributed by atoms with Gasteiger partial charge in [0.1, 0.15) is 5.75 Å². The van der Waals surface area contributed by atoms with Crippen molar-refractivity contribution in [3.63, 3.8) is 0 Å². The molecule has 0 aliphatic carbocycles. The predicted octanol–water partition coefficient (Wildman–Crippen LogP) is 5.16. The Kier molecular flexibility index (Phi) is 8.52. The van der Waals surface area contributed by atoms with Crippen LogP contribution in [0.4, 0.5) is 5.13 Å². The zero-order valence-electron chi connectivity index (χ0n) is 20.1. The van der Waals surface area contributed by atoms with Gasteiger partial charge in [-0.05, 0) is 73.0 Å². The normalized spacial score (nSPS) is 22.6. The number of ether oxygens (including phenoxy) is 1. The van der Waals surface area contributed by atoms with E-state index in [9.17, 15) is 4.79 Å². The first-order valence-electron chi connectivity index (χ1n) is 12.4. The minimum atomic E-state index is 0.115. The molecule has 6 nitrogen and oxygen atoms in total. The third kappa shape index (κ3) is 6.40. The van der Waals surface area contributed by atoms with Gasteiger partial charge in [-0.25, -0.2) is 4.98 Å². The molecule has 0 saturated carbocycles. The molecule has 0 spiro atoms. The van der Waals surface area contributed by atoms with Crippen molar-refractivity contribution in [3.05, 3.63) is 16.6 Å². The summed E-state index contributed by atoms with van der Waals surface area (Å²) in [4.78, 5) is 22.4. The zero-order valence-corrected chi connectivity index (χ0v) is 22.5. The lowest BCUT2D eigenvalue weighted by Gasteiger charge is -2.35. The first kappa shape index (κ1) is 24.7. The Labute approximate surface area is 210 Å². The summed E-state index contributed by atoms with van der Waals surface area (Å²) in [5.41, 5.74) is 0.989. The van der Waals surface area contributed by atoms with Crippen LogP contribution in [0, 0.1) is 17.8 Å². The first-order chi connectivity index (χ1) is 15.9. The van der Waals surface area contributed by atoms with Gasteiger partial charge in [0.2, 0.25) is 5.91 Å². The maximum Gasteiger partial charge on any atom is 0.223 e. The van der Waals surface area contributed by atoms with Gasteiger partial charge in [0.25, 0.3) is 0 Å². The highest BCUT2D eigenvalue weighted by Crippen LogP contribution is 2.37. The zero-order chi connectivity index (χ0) is 23.4. The van der Waals surface area contributed by atoms with E-state index in [2.05, 4.69) is 51.0 Å². The maximum atomic E-state index is 12.7. The van der Waals surface area contributed by atoms with E-state index in [0.29, 0.717) is 6.61 Å². The first-order valence-corrected chi connectivity index (χ1v) is 14.0. The topological polar surface area (TPSA) is 57.7 Å². The second-order valence-corrected chi connectivity index (χ2v) is 11.7. The number of thiazole rings is 1. The Morgan fingerprint density at radius 1 is 1.24 bits per heavy atom. The molecule has 2 atom stereocenters. The van der Waals surface area contributed by atoms with Gasteiger partial charge in [0.05, 0.1) is 21.3 Å². The van der Waals surface area contributed by atoms with Gasteiger partial charge < -0.3 is 19.9 Å². The Morgan fingerprint density at radius 3 is 2.67 bits per heavy atom. The Morgan fingerprint density at radius 2 is 1.97 bits per heavy atom. The SMILES string of the molecule is CCOc1cc2sc(N3CCC(C(=O)NCCCN4CC(C)CC(C)C4)CC3)nc2cc1Br. The van der Waals surface area contributed by atoms with Crippen molar-refractivity contribution >= 4 is 48.5 Å². The highest BCUT2D eigenvalue weighted by atomic mass is 79.9. The largest absolute Gasteiger partial charge is 0.493 e. The summed E-state index contributed by atoms with van der Waals surface area (Å²) in [7, 11) is 0. The molecule has 1 aromatic carbocycles. The van der Waals surface area contributed by atoms with Crippen LogP contribution in [-0.2, 0) is 4.79 Å². The third-order valence-corrected chi connectivity index (χ3v) is 8.46. The minimum absolute atomic E-state index is 0.115. The monoisotopic (exact) mass is 536 g/mol. The molecule has 2 aliphatic rings. The Balaban J connectivity index is 1.22. The Hall–Kier alpha value is -1.38. The van der Waals surface area contributed by atoms with Gasteiger partial charge in [0, 0.05) is 44.7 Å². The van der Waals surface area contributed by atoms with Gasteiger partial charge in [-0.3, -0.25) is 4.79 Å². The number of anilines is 1. The molecule has 2 aromatic rings. The number of hydrogen-bond acceptors (Lipinski definition) is 6. The van der Waals surface area contributed by atoms with Crippen LogP contribution in [0.15, 0.2) is 16.6 Å². The second-order valence-electron chi connectivity index (χ2n) is 9.79. The lowest BCUT2D eigenvalue weighted by molar-refractivity contribution is -0.125. The van der Waals surface area contributed by atoms with E-state index in [1.807, 2.05) is 13.0 Å². The quantitative estimate of drug-likeness (QED) is 0.472. The summed E-state index contributed by atoms with van der Waals surface area (Å²) in [6.07, 6.45) is 4.15. The van der Waals surface area contributed by atoms with Crippen molar-refractivity contribution < 1.29 is 9.53 Å². The number of fused-ring (bicyclic) bond motifs is 1. The number of carbonyl (C=O) groups excluding carboxylic acids is 1. The third-order valence-electron chi connectivity index (χ3n) is 6.76. The average molecular weight is 538 g/mol. The van der Waals surface area contributed by atoms with Crippen molar-refractivity contribution in [1.82, 2.24) is 15.2 Å². The smallest absolute Gasteiger partial charge is 0.223 e. The number of aromatic nitrogens is 1. The fourth-order valence-corrected chi connectivity index (χ4v) is 6.76. The molecule has 2 unspecified atom stereocenters. The molecule has 1 amide bonds. The fraction of sp³-hybridized carbons (Fsp3) is 0.680. The van der Waals surface area contributed by atoms with E-state index >= 15 is 0 Å². The van der Waals surface area contributed by atoms with E-state index in [4.69, 9.17) is 9.72 Å². The number of nitrogens with one attached hydrogen (secondary N) is 1. The number of piperidine rings is 2. The van der Waals surface area contributed by atoms with E-state index < -0.39 is 0 Å². The number of rotatable bonds is 8. The molecular formula is C25H37BrN4O2S. The summed E-state index contributed by atoms with van der Waals surface area (Å²) >= 11 is 5.28. The second kappa shape index (κ2) is 11.4. The molecule has 4 rings (SSSR count). The van der Waals surface area contributed by atoms with Crippen LogP contribution in [0.2, 0.25) is 0 Å². The van der Waals surface area contributed by atoms with Crippen LogP contribution < -0.4 is 15.0 Å². The lowest BCUT2D eigenvalue weighted by atomic mass is 9.92.